The molecule has 0 spiro atoms. The maximum absolute atomic E-state index is 13.4. The predicted molar refractivity (Wildman–Crippen MR) is 164 cm³/mol. The van der Waals surface area contributed by atoms with E-state index in [1.165, 1.54) is 5.56 Å². The van der Waals surface area contributed by atoms with Crippen molar-refractivity contribution in [3.8, 4) is 0 Å². The summed E-state index contributed by atoms with van der Waals surface area (Å²) < 4.78 is 7.22. The molecular formula is C33H39N5O3. The first kappa shape index (κ1) is 28.5. The molecule has 5 rings (SSSR count). The van der Waals surface area contributed by atoms with Gasteiger partial charge in [0.15, 0.2) is 0 Å². The molecule has 1 fully saturated rings. The fourth-order valence-electron chi connectivity index (χ4n) is 5.86. The van der Waals surface area contributed by atoms with Gasteiger partial charge in [0.2, 0.25) is 0 Å². The first-order valence-electron chi connectivity index (χ1n) is 14.6. The molecular weight excluding hydrogens is 514 g/mol. The van der Waals surface area contributed by atoms with Crippen LogP contribution < -0.4 is 10.6 Å². The van der Waals surface area contributed by atoms with Crippen LogP contribution in [0.15, 0.2) is 76.5 Å². The molecule has 0 radical (unpaired) electrons. The van der Waals surface area contributed by atoms with Crippen molar-refractivity contribution in [3.05, 3.63) is 93.9 Å². The minimum Gasteiger partial charge on any atom is -0.465 e. The van der Waals surface area contributed by atoms with Gasteiger partial charge >= 0.3 is 11.7 Å². The van der Waals surface area contributed by atoms with Crippen LogP contribution >= 0.6 is 0 Å². The van der Waals surface area contributed by atoms with Gasteiger partial charge in [-0.15, -0.1) is 0 Å². The molecule has 0 bridgehead atoms. The lowest BCUT2D eigenvalue weighted by atomic mass is 9.76. The number of aliphatic imine (C=N–C) groups is 1. The summed E-state index contributed by atoms with van der Waals surface area (Å²) in [6, 6.07) is 20.3. The number of carbonyl (C=O) groups excluding carboxylic acids is 1. The zero-order chi connectivity index (χ0) is 28.8. The Morgan fingerprint density at radius 1 is 1.00 bits per heavy atom. The van der Waals surface area contributed by atoms with Crippen molar-refractivity contribution in [2.45, 2.75) is 39.7 Å². The Morgan fingerprint density at radius 3 is 2.34 bits per heavy atom. The number of esters is 1. The van der Waals surface area contributed by atoms with Crippen molar-refractivity contribution >= 4 is 29.4 Å². The molecule has 0 amide bonds. The van der Waals surface area contributed by atoms with Gasteiger partial charge < -0.3 is 9.64 Å². The molecule has 214 valence electrons. The van der Waals surface area contributed by atoms with Crippen molar-refractivity contribution in [1.82, 2.24) is 14.5 Å². The molecule has 1 saturated heterocycles. The van der Waals surface area contributed by atoms with E-state index in [-0.39, 0.29) is 24.2 Å². The normalized spacial score (nSPS) is 19.2. The molecule has 2 atom stereocenters. The van der Waals surface area contributed by atoms with Gasteiger partial charge in [-0.25, -0.2) is 9.79 Å². The fraction of sp³-hybridized carbons (Fsp3) is 0.394. The lowest BCUT2D eigenvalue weighted by molar-refractivity contribution is -0.146. The predicted octanol–water partition coefficient (Wildman–Crippen LogP) is 4.91. The molecule has 0 saturated carbocycles. The number of nitrogens with zero attached hydrogens (tertiary/aromatic N) is 5. The Kier molecular flexibility index (Phi) is 9.09. The number of aromatic nitrogens is 2. The summed E-state index contributed by atoms with van der Waals surface area (Å²) in [5, 5.41) is 0. The Balaban J connectivity index is 1.51. The average Bonchev–Trinajstić information content (AvgIpc) is 2.99. The topological polar surface area (TPSA) is 80.0 Å². The van der Waals surface area contributed by atoms with Crippen LogP contribution in [0.2, 0.25) is 0 Å². The zero-order valence-corrected chi connectivity index (χ0v) is 24.2. The van der Waals surface area contributed by atoms with Gasteiger partial charge in [0.25, 0.3) is 0 Å². The van der Waals surface area contributed by atoms with Gasteiger partial charge in [0.05, 0.1) is 6.61 Å². The van der Waals surface area contributed by atoms with E-state index in [9.17, 15) is 9.59 Å². The molecule has 2 aliphatic heterocycles. The summed E-state index contributed by atoms with van der Waals surface area (Å²) in [4.78, 5) is 41.0. The van der Waals surface area contributed by atoms with Crippen LogP contribution in [0, 0.1) is 5.92 Å². The van der Waals surface area contributed by atoms with Gasteiger partial charge in [-0.1, -0.05) is 79.7 Å². The number of piperazine rings is 1. The van der Waals surface area contributed by atoms with E-state index in [0.717, 1.165) is 50.3 Å². The lowest BCUT2D eigenvalue weighted by Crippen LogP contribution is -2.48. The molecule has 2 aromatic carbocycles. The van der Waals surface area contributed by atoms with E-state index < -0.39 is 5.92 Å². The minimum absolute atomic E-state index is 0.290. The van der Waals surface area contributed by atoms with Crippen LogP contribution in [0.1, 0.15) is 49.8 Å². The number of hydrogen-bond donors (Lipinski definition) is 0. The average molecular weight is 554 g/mol. The summed E-state index contributed by atoms with van der Waals surface area (Å²) in [7, 11) is 0. The number of rotatable bonds is 9. The van der Waals surface area contributed by atoms with E-state index in [2.05, 4.69) is 39.1 Å². The van der Waals surface area contributed by atoms with Crippen LogP contribution in [-0.2, 0) is 16.1 Å². The van der Waals surface area contributed by atoms with E-state index >= 15 is 0 Å². The van der Waals surface area contributed by atoms with Crippen molar-refractivity contribution in [2.75, 3.05) is 44.2 Å². The Bertz CT molecular complexity index is 1460. The van der Waals surface area contributed by atoms with Crippen molar-refractivity contribution in [3.63, 3.8) is 0 Å². The highest BCUT2D eigenvalue weighted by Crippen LogP contribution is 2.46. The number of hydrogen-bond acceptors (Lipinski definition) is 7. The Labute approximate surface area is 242 Å². The van der Waals surface area contributed by atoms with Crippen LogP contribution in [0.5, 0.6) is 0 Å². The molecule has 8 nitrogen and oxygen atoms in total. The standard InChI is InChI=1S/C33H39N5O3/c1-4-18-38-31-29(28(26-16-10-7-11-17-26)27(24(3)34-31)32(39)41-5-2)30(35-33(38)40)37-22-20-36(21-23-37)19-12-15-25-13-8-6-9-14-25/h6-17,27-28H,4-5,18-23H2,1-3H3. The van der Waals surface area contributed by atoms with Crippen LogP contribution in [0.3, 0.4) is 0 Å². The van der Waals surface area contributed by atoms with E-state index in [1.54, 1.807) is 4.57 Å². The second-order valence-corrected chi connectivity index (χ2v) is 10.6. The number of fused-ring (bicyclic) bond motifs is 1. The number of anilines is 1. The Hall–Kier alpha value is -4.04. The highest BCUT2D eigenvalue weighted by molar-refractivity contribution is 6.05. The minimum atomic E-state index is -0.595. The van der Waals surface area contributed by atoms with Crippen LogP contribution in [0.4, 0.5) is 11.6 Å². The quantitative estimate of drug-likeness (QED) is 0.351. The molecule has 0 N–H and O–H groups in total. The maximum Gasteiger partial charge on any atom is 0.351 e. The van der Waals surface area contributed by atoms with Gasteiger partial charge in [-0.2, -0.15) is 4.98 Å². The third-order valence-corrected chi connectivity index (χ3v) is 7.84. The summed E-state index contributed by atoms with van der Waals surface area (Å²) >= 11 is 0. The summed E-state index contributed by atoms with van der Waals surface area (Å²) in [5.41, 5.74) is 3.36. The molecule has 41 heavy (non-hydrogen) atoms. The summed E-state index contributed by atoms with van der Waals surface area (Å²) in [6.07, 6.45) is 5.12. The lowest BCUT2D eigenvalue weighted by Gasteiger charge is -2.39. The maximum atomic E-state index is 13.4. The monoisotopic (exact) mass is 553 g/mol. The molecule has 2 unspecified atom stereocenters. The molecule has 3 heterocycles. The second kappa shape index (κ2) is 13.1. The molecule has 1 aromatic heterocycles. The smallest absolute Gasteiger partial charge is 0.351 e. The van der Waals surface area contributed by atoms with Gasteiger partial charge in [0, 0.05) is 56.5 Å². The van der Waals surface area contributed by atoms with Crippen molar-refractivity contribution in [1.29, 1.82) is 0 Å². The first-order valence-corrected chi connectivity index (χ1v) is 14.6. The summed E-state index contributed by atoms with van der Waals surface area (Å²) in [5.74, 6) is -0.0103. The number of ether oxygens (including phenoxy) is 1. The zero-order valence-electron chi connectivity index (χ0n) is 24.2. The van der Waals surface area contributed by atoms with Crippen LogP contribution in [0.25, 0.3) is 6.08 Å². The molecule has 3 aromatic rings. The van der Waals surface area contributed by atoms with E-state index in [4.69, 9.17) is 9.73 Å². The van der Waals surface area contributed by atoms with Crippen LogP contribution in [-0.4, -0.2) is 65.5 Å². The van der Waals surface area contributed by atoms with E-state index in [0.29, 0.717) is 23.9 Å². The third-order valence-electron chi connectivity index (χ3n) is 7.84. The first-order chi connectivity index (χ1) is 20.0. The van der Waals surface area contributed by atoms with Crippen molar-refractivity contribution in [2.24, 2.45) is 10.9 Å². The third kappa shape index (κ3) is 6.17. The van der Waals surface area contributed by atoms with Gasteiger partial charge in [0.1, 0.15) is 17.6 Å². The number of benzene rings is 2. The van der Waals surface area contributed by atoms with Crippen molar-refractivity contribution < 1.29 is 9.53 Å². The SMILES string of the molecule is CCCn1c2c(c(N3CCN(CC=Cc4ccccc4)CC3)nc1=O)C(c1ccccc1)C(C(=O)OCC)C(C)=N2. The van der Waals surface area contributed by atoms with Gasteiger partial charge in [-0.3, -0.25) is 14.3 Å². The van der Waals surface area contributed by atoms with Gasteiger partial charge in [-0.05, 0) is 31.4 Å². The molecule has 0 aliphatic carbocycles. The number of carbonyl (C=O) groups is 1. The highest BCUT2D eigenvalue weighted by Gasteiger charge is 2.42. The molecule has 8 heteroatoms. The fourth-order valence-corrected chi connectivity index (χ4v) is 5.86. The Morgan fingerprint density at radius 2 is 1.68 bits per heavy atom. The summed E-state index contributed by atoms with van der Waals surface area (Å²) in [6.45, 7) is 10.5. The largest absolute Gasteiger partial charge is 0.465 e. The van der Waals surface area contributed by atoms with E-state index in [1.807, 2.05) is 69.3 Å². The second-order valence-electron chi connectivity index (χ2n) is 10.6. The molecule has 2 aliphatic rings. The highest BCUT2D eigenvalue weighted by atomic mass is 16.5.